The third kappa shape index (κ3) is 3.04. The Bertz CT molecular complexity index is 295. The Morgan fingerprint density at radius 2 is 2.19 bits per heavy atom. The highest BCUT2D eigenvalue weighted by molar-refractivity contribution is 5.74. The molecule has 16 heavy (non-hydrogen) atoms. The van der Waals surface area contributed by atoms with Crippen molar-refractivity contribution in [3.05, 3.63) is 0 Å². The summed E-state index contributed by atoms with van der Waals surface area (Å²) in [6, 6.07) is 0. The number of carbonyl (C=O) groups excluding carboxylic acids is 1. The monoisotopic (exact) mass is 237 g/mol. The van der Waals surface area contributed by atoms with Crippen molar-refractivity contribution in [2.24, 2.45) is 5.92 Å². The standard InChI is InChI=1S/C9H13F2NO4/c1-2-16-7(13)6-3-9(10,11)5-12(4-6)8(14)15/h6H,2-5H2,1H3,(H,14,15). The van der Waals surface area contributed by atoms with Gasteiger partial charge in [0, 0.05) is 13.0 Å². The van der Waals surface area contributed by atoms with E-state index < -0.39 is 36.9 Å². The van der Waals surface area contributed by atoms with E-state index >= 15 is 0 Å². The first-order valence-corrected chi connectivity index (χ1v) is 4.88. The molecule has 0 aliphatic carbocycles. The van der Waals surface area contributed by atoms with Crippen molar-refractivity contribution < 1.29 is 28.2 Å². The molecule has 1 fully saturated rings. The second-order valence-corrected chi connectivity index (χ2v) is 3.67. The molecule has 0 aromatic rings. The number of amides is 1. The van der Waals surface area contributed by atoms with E-state index in [1.54, 1.807) is 6.92 Å². The molecule has 1 rings (SSSR count). The van der Waals surface area contributed by atoms with Gasteiger partial charge in [-0.1, -0.05) is 0 Å². The Balaban J connectivity index is 2.72. The maximum absolute atomic E-state index is 13.2. The van der Waals surface area contributed by atoms with Gasteiger partial charge in [-0.05, 0) is 6.92 Å². The predicted molar refractivity (Wildman–Crippen MR) is 49.3 cm³/mol. The first-order chi connectivity index (χ1) is 7.35. The van der Waals surface area contributed by atoms with Gasteiger partial charge in [0.1, 0.15) is 0 Å². The molecule has 0 saturated carbocycles. The van der Waals surface area contributed by atoms with Gasteiger partial charge in [0.25, 0.3) is 5.92 Å². The van der Waals surface area contributed by atoms with Crippen LogP contribution < -0.4 is 0 Å². The first kappa shape index (κ1) is 12.7. The predicted octanol–water partition coefficient (Wildman–Crippen LogP) is 1.18. The number of hydrogen-bond donors (Lipinski definition) is 1. The van der Waals surface area contributed by atoms with Gasteiger partial charge in [-0.3, -0.25) is 4.79 Å². The molecular formula is C9H13F2NO4. The minimum absolute atomic E-state index is 0.0912. The van der Waals surface area contributed by atoms with E-state index in [1.807, 2.05) is 0 Å². The topological polar surface area (TPSA) is 66.8 Å². The van der Waals surface area contributed by atoms with Gasteiger partial charge in [-0.15, -0.1) is 0 Å². The SMILES string of the molecule is CCOC(=O)C1CN(C(=O)O)CC(F)(F)C1. The molecule has 0 spiro atoms. The lowest BCUT2D eigenvalue weighted by atomic mass is 9.95. The molecule has 7 heteroatoms. The minimum Gasteiger partial charge on any atom is -0.466 e. The lowest BCUT2D eigenvalue weighted by Gasteiger charge is -2.34. The number of nitrogens with zero attached hydrogens (tertiary/aromatic N) is 1. The van der Waals surface area contributed by atoms with E-state index in [9.17, 15) is 18.4 Å². The highest BCUT2D eigenvalue weighted by Gasteiger charge is 2.45. The molecule has 0 bridgehead atoms. The van der Waals surface area contributed by atoms with Gasteiger partial charge in [-0.25, -0.2) is 13.6 Å². The molecule has 0 aromatic carbocycles. The molecule has 1 amide bonds. The number of carboxylic acid groups (broad SMARTS) is 1. The van der Waals surface area contributed by atoms with E-state index in [4.69, 9.17) is 5.11 Å². The summed E-state index contributed by atoms with van der Waals surface area (Å²) >= 11 is 0. The van der Waals surface area contributed by atoms with Crippen molar-refractivity contribution in [1.29, 1.82) is 0 Å². The fourth-order valence-electron chi connectivity index (χ4n) is 1.66. The van der Waals surface area contributed by atoms with E-state index in [0.29, 0.717) is 4.90 Å². The van der Waals surface area contributed by atoms with Crippen LogP contribution in [0.1, 0.15) is 13.3 Å². The fraction of sp³-hybridized carbons (Fsp3) is 0.778. The highest BCUT2D eigenvalue weighted by atomic mass is 19.3. The van der Waals surface area contributed by atoms with Gasteiger partial charge in [0.2, 0.25) is 0 Å². The summed E-state index contributed by atoms with van der Waals surface area (Å²) in [5.41, 5.74) is 0. The smallest absolute Gasteiger partial charge is 0.407 e. The van der Waals surface area contributed by atoms with Gasteiger partial charge in [0.15, 0.2) is 0 Å². The molecule has 1 unspecified atom stereocenters. The van der Waals surface area contributed by atoms with Crippen LogP contribution in [-0.4, -0.2) is 47.7 Å². The minimum atomic E-state index is -3.17. The molecule has 0 radical (unpaired) electrons. The molecule has 1 N–H and O–H groups in total. The number of likely N-dealkylation sites (tertiary alicyclic amines) is 1. The van der Waals surface area contributed by atoms with Crippen LogP contribution in [0.2, 0.25) is 0 Å². The Kier molecular flexibility index (Phi) is 3.66. The van der Waals surface area contributed by atoms with Crippen molar-refractivity contribution >= 4 is 12.1 Å². The van der Waals surface area contributed by atoms with Gasteiger partial charge in [0.05, 0.1) is 19.1 Å². The van der Waals surface area contributed by atoms with Gasteiger partial charge >= 0.3 is 12.1 Å². The van der Waals surface area contributed by atoms with Crippen LogP contribution in [-0.2, 0) is 9.53 Å². The molecule has 1 aliphatic heterocycles. The molecular weight excluding hydrogens is 224 g/mol. The zero-order valence-electron chi connectivity index (χ0n) is 8.78. The average Bonchev–Trinajstić information content (AvgIpc) is 2.15. The molecule has 1 heterocycles. The van der Waals surface area contributed by atoms with E-state index in [1.165, 1.54) is 0 Å². The Hall–Kier alpha value is -1.40. The number of carbonyl (C=O) groups is 2. The van der Waals surface area contributed by atoms with E-state index in [-0.39, 0.29) is 13.2 Å². The largest absolute Gasteiger partial charge is 0.466 e. The van der Waals surface area contributed by atoms with Crippen LogP contribution in [0.3, 0.4) is 0 Å². The quantitative estimate of drug-likeness (QED) is 0.732. The molecule has 92 valence electrons. The van der Waals surface area contributed by atoms with Crippen molar-refractivity contribution in [1.82, 2.24) is 4.90 Å². The number of alkyl halides is 2. The lowest BCUT2D eigenvalue weighted by molar-refractivity contribution is -0.157. The third-order valence-electron chi connectivity index (χ3n) is 2.30. The number of esters is 1. The number of ether oxygens (including phenoxy) is 1. The van der Waals surface area contributed by atoms with Crippen LogP contribution >= 0.6 is 0 Å². The maximum Gasteiger partial charge on any atom is 0.407 e. The summed E-state index contributed by atoms with van der Waals surface area (Å²) in [7, 11) is 0. The Labute approximate surface area is 91.0 Å². The summed E-state index contributed by atoms with van der Waals surface area (Å²) < 4.78 is 30.9. The summed E-state index contributed by atoms with van der Waals surface area (Å²) in [6.45, 7) is 0.559. The number of halogens is 2. The van der Waals surface area contributed by atoms with Gasteiger partial charge in [-0.2, -0.15) is 0 Å². The number of piperidine rings is 1. The maximum atomic E-state index is 13.2. The van der Waals surface area contributed by atoms with Crippen LogP contribution in [0.25, 0.3) is 0 Å². The lowest BCUT2D eigenvalue weighted by Crippen LogP contribution is -2.51. The summed E-state index contributed by atoms with van der Waals surface area (Å²) in [4.78, 5) is 22.4. The highest BCUT2D eigenvalue weighted by Crippen LogP contribution is 2.31. The van der Waals surface area contributed by atoms with E-state index in [0.717, 1.165) is 0 Å². The Morgan fingerprint density at radius 3 is 2.69 bits per heavy atom. The van der Waals surface area contributed by atoms with Crippen molar-refractivity contribution in [3.8, 4) is 0 Å². The summed E-state index contributed by atoms with van der Waals surface area (Å²) in [6.07, 6.45) is -2.11. The van der Waals surface area contributed by atoms with Crippen molar-refractivity contribution in [2.45, 2.75) is 19.3 Å². The average molecular weight is 237 g/mol. The second kappa shape index (κ2) is 4.63. The molecule has 1 saturated heterocycles. The second-order valence-electron chi connectivity index (χ2n) is 3.67. The van der Waals surface area contributed by atoms with Crippen LogP contribution in [0.4, 0.5) is 13.6 Å². The summed E-state index contributed by atoms with van der Waals surface area (Å²) in [5.74, 6) is -5.03. The zero-order valence-corrected chi connectivity index (χ0v) is 8.78. The number of rotatable bonds is 2. The van der Waals surface area contributed by atoms with Gasteiger partial charge < -0.3 is 14.7 Å². The molecule has 1 atom stereocenters. The molecule has 5 nitrogen and oxygen atoms in total. The fourth-order valence-corrected chi connectivity index (χ4v) is 1.66. The first-order valence-electron chi connectivity index (χ1n) is 4.88. The van der Waals surface area contributed by atoms with Crippen molar-refractivity contribution in [2.75, 3.05) is 19.7 Å². The van der Waals surface area contributed by atoms with Crippen LogP contribution in [0.15, 0.2) is 0 Å². The third-order valence-corrected chi connectivity index (χ3v) is 2.30. The molecule has 1 aliphatic rings. The van der Waals surface area contributed by atoms with Crippen LogP contribution in [0, 0.1) is 5.92 Å². The molecule has 0 aromatic heterocycles. The van der Waals surface area contributed by atoms with Crippen molar-refractivity contribution in [3.63, 3.8) is 0 Å². The van der Waals surface area contributed by atoms with E-state index in [2.05, 4.69) is 4.74 Å². The zero-order chi connectivity index (χ0) is 12.3. The normalized spacial score (nSPS) is 23.9. The number of hydrogen-bond acceptors (Lipinski definition) is 3. The Morgan fingerprint density at radius 1 is 1.56 bits per heavy atom. The van der Waals surface area contributed by atoms with Crippen LogP contribution in [0.5, 0.6) is 0 Å². The summed E-state index contributed by atoms with van der Waals surface area (Å²) in [5, 5.41) is 8.64.